The first-order valence-corrected chi connectivity index (χ1v) is 10.8. The number of hydrogen-bond acceptors (Lipinski definition) is 8. The van der Waals surface area contributed by atoms with Gasteiger partial charge in [-0.05, 0) is 59.7 Å². The maximum Gasteiger partial charge on any atom is 0.272 e. The van der Waals surface area contributed by atoms with Crippen LogP contribution in [0.4, 0.5) is 0 Å². The fourth-order valence-corrected chi connectivity index (χ4v) is 3.03. The lowest BCUT2D eigenvalue weighted by atomic mass is 10.1. The summed E-state index contributed by atoms with van der Waals surface area (Å²) in [6.45, 7) is 0. The predicted octanol–water partition coefficient (Wildman–Crippen LogP) is 3.98. The van der Waals surface area contributed by atoms with Crippen LogP contribution in [0.25, 0.3) is 12.2 Å². The number of benzene rings is 2. The molecular formula is C27H25N3O6. The molecule has 2 aromatic carbocycles. The number of ketones is 1. The van der Waals surface area contributed by atoms with E-state index in [1.165, 1.54) is 38.6 Å². The molecule has 9 heteroatoms. The lowest BCUT2D eigenvalue weighted by molar-refractivity contribution is -0.113. The summed E-state index contributed by atoms with van der Waals surface area (Å²) in [5.74, 6) is -0.167. The second-order valence-corrected chi connectivity index (χ2v) is 7.46. The summed E-state index contributed by atoms with van der Waals surface area (Å²) in [5.41, 5.74) is 4.40. The van der Waals surface area contributed by atoms with Crippen molar-refractivity contribution in [3.05, 3.63) is 89.8 Å². The lowest BCUT2D eigenvalue weighted by Crippen LogP contribution is -2.20. The van der Waals surface area contributed by atoms with Gasteiger partial charge in [0.1, 0.15) is 0 Å². The Labute approximate surface area is 208 Å². The first kappa shape index (κ1) is 25.7. The number of pyridine rings is 1. The summed E-state index contributed by atoms with van der Waals surface area (Å²) in [6.07, 6.45) is 9.08. The molecule has 3 aromatic rings. The number of phenols is 2. The Bertz CT molecular complexity index is 1320. The second-order valence-electron chi connectivity index (χ2n) is 7.46. The molecule has 0 aliphatic rings. The van der Waals surface area contributed by atoms with Crippen LogP contribution in [0.3, 0.4) is 0 Å². The average molecular weight is 488 g/mol. The number of phenolic OH excluding ortho intramolecular Hbond substituents is 2. The molecular weight excluding hydrogens is 462 g/mol. The molecule has 0 unspecified atom stereocenters. The molecule has 1 heterocycles. The van der Waals surface area contributed by atoms with Gasteiger partial charge in [-0.3, -0.25) is 14.6 Å². The minimum Gasteiger partial charge on any atom is -0.504 e. The SMILES string of the molecule is COc1cc(C=CC(=O)CC(C=Cc2ccc(O)c(OC)c2)=NNC(=O)c2cccnc2)ccc1O. The van der Waals surface area contributed by atoms with Gasteiger partial charge in [0.05, 0.1) is 31.9 Å². The molecule has 0 saturated heterocycles. The zero-order valence-electron chi connectivity index (χ0n) is 19.7. The van der Waals surface area contributed by atoms with E-state index in [1.54, 1.807) is 60.8 Å². The summed E-state index contributed by atoms with van der Waals surface area (Å²) in [7, 11) is 2.88. The normalized spacial score (nSPS) is 11.6. The van der Waals surface area contributed by atoms with E-state index in [4.69, 9.17) is 9.47 Å². The third-order valence-electron chi connectivity index (χ3n) is 4.92. The van der Waals surface area contributed by atoms with Gasteiger partial charge in [0, 0.05) is 12.4 Å². The Hall–Kier alpha value is -4.92. The standard InChI is InChI=1S/C27H25N3O6/c1-35-25-14-18(7-11-23(25)32)5-9-21(29-30-27(34)20-4-3-13-28-17-20)16-22(31)10-6-19-8-12-24(33)26(15-19)36-2/h3-15,17,32-33H,16H2,1-2H3,(H,30,34). The van der Waals surface area contributed by atoms with Crippen LogP contribution in [-0.4, -0.2) is 46.8 Å². The van der Waals surface area contributed by atoms with Gasteiger partial charge in [-0.1, -0.05) is 24.3 Å². The molecule has 36 heavy (non-hydrogen) atoms. The minimum absolute atomic E-state index is 0.00143. The highest BCUT2D eigenvalue weighted by Gasteiger charge is 2.08. The van der Waals surface area contributed by atoms with Gasteiger partial charge >= 0.3 is 0 Å². The highest BCUT2D eigenvalue weighted by Crippen LogP contribution is 2.27. The monoisotopic (exact) mass is 487 g/mol. The molecule has 1 aromatic heterocycles. The van der Waals surface area contributed by atoms with Gasteiger partial charge in [-0.2, -0.15) is 5.10 Å². The number of ether oxygens (including phenoxy) is 2. The van der Waals surface area contributed by atoms with Crippen LogP contribution in [0, 0.1) is 0 Å². The second kappa shape index (κ2) is 12.5. The van der Waals surface area contributed by atoms with Crippen molar-refractivity contribution in [2.45, 2.75) is 6.42 Å². The van der Waals surface area contributed by atoms with Crippen LogP contribution < -0.4 is 14.9 Å². The van der Waals surface area contributed by atoms with Gasteiger partial charge in [0.2, 0.25) is 0 Å². The number of allylic oxidation sites excluding steroid dienone is 2. The molecule has 9 nitrogen and oxygen atoms in total. The van der Waals surface area contributed by atoms with Gasteiger partial charge in [-0.15, -0.1) is 0 Å². The molecule has 0 aliphatic carbocycles. The van der Waals surface area contributed by atoms with Crippen LogP contribution in [0.2, 0.25) is 0 Å². The molecule has 0 atom stereocenters. The van der Waals surface area contributed by atoms with Crippen LogP contribution in [0.5, 0.6) is 23.0 Å². The molecule has 184 valence electrons. The van der Waals surface area contributed by atoms with Crippen molar-refractivity contribution in [3.63, 3.8) is 0 Å². The van der Waals surface area contributed by atoms with Crippen molar-refractivity contribution < 1.29 is 29.3 Å². The smallest absolute Gasteiger partial charge is 0.272 e. The number of amides is 1. The van der Waals surface area contributed by atoms with Crippen molar-refractivity contribution in [2.24, 2.45) is 5.10 Å². The van der Waals surface area contributed by atoms with E-state index in [9.17, 15) is 19.8 Å². The van der Waals surface area contributed by atoms with E-state index in [-0.39, 0.29) is 35.2 Å². The summed E-state index contributed by atoms with van der Waals surface area (Å²) in [4.78, 5) is 28.9. The van der Waals surface area contributed by atoms with Crippen molar-refractivity contribution in [1.82, 2.24) is 10.4 Å². The first-order chi connectivity index (χ1) is 17.4. The van der Waals surface area contributed by atoms with Gasteiger partial charge < -0.3 is 19.7 Å². The molecule has 0 radical (unpaired) electrons. The van der Waals surface area contributed by atoms with Crippen LogP contribution in [-0.2, 0) is 4.79 Å². The molecule has 0 bridgehead atoms. The molecule has 0 aliphatic heterocycles. The molecule has 3 rings (SSSR count). The number of nitrogens with zero attached hydrogens (tertiary/aromatic N) is 2. The average Bonchev–Trinajstić information content (AvgIpc) is 2.90. The number of carbonyl (C=O) groups excluding carboxylic acids is 2. The summed E-state index contributed by atoms with van der Waals surface area (Å²) >= 11 is 0. The lowest BCUT2D eigenvalue weighted by Gasteiger charge is -2.05. The Balaban J connectivity index is 1.79. The molecule has 3 N–H and O–H groups in total. The molecule has 0 saturated carbocycles. The van der Waals surface area contributed by atoms with Crippen molar-refractivity contribution in [2.75, 3.05) is 14.2 Å². The van der Waals surface area contributed by atoms with E-state index < -0.39 is 5.91 Å². The summed E-state index contributed by atoms with van der Waals surface area (Å²) in [5, 5.41) is 23.6. The zero-order chi connectivity index (χ0) is 25.9. The maximum atomic E-state index is 12.7. The minimum atomic E-state index is -0.473. The molecule has 0 fully saturated rings. The Morgan fingerprint density at radius 2 is 1.56 bits per heavy atom. The van der Waals surface area contributed by atoms with Gasteiger partial charge in [0.25, 0.3) is 5.91 Å². The van der Waals surface area contributed by atoms with Crippen molar-refractivity contribution in [3.8, 4) is 23.0 Å². The fourth-order valence-electron chi connectivity index (χ4n) is 3.03. The maximum absolute atomic E-state index is 12.7. The van der Waals surface area contributed by atoms with Crippen molar-refractivity contribution >= 4 is 29.6 Å². The van der Waals surface area contributed by atoms with E-state index in [0.717, 1.165) is 0 Å². The topological polar surface area (TPSA) is 130 Å². The van der Waals surface area contributed by atoms with E-state index in [0.29, 0.717) is 22.4 Å². The Morgan fingerprint density at radius 1 is 0.944 bits per heavy atom. The highest BCUT2D eigenvalue weighted by atomic mass is 16.5. The third-order valence-corrected chi connectivity index (χ3v) is 4.92. The molecule has 0 spiro atoms. The summed E-state index contributed by atoms with van der Waals surface area (Å²) < 4.78 is 10.2. The largest absolute Gasteiger partial charge is 0.504 e. The van der Waals surface area contributed by atoms with Crippen LogP contribution in [0.15, 0.2) is 78.2 Å². The quantitative estimate of drug-likeness (QED) is 0.224. The van der Waals surface area contributed by atoms with Crippen LogP contribution >= 0.6 is 0 Å². The van der Waals surface area contributed by atoms with E-state index in [2.05, 4.69) is 15.5 Å². The number of nitrogens with one attached hydrogen (secondary N) is 1. The summed E-state index contributed by atoms with van der Waals surface area (Å²) in [6, 6.07) is 12.7. The zero-order valence-corrected chi connectivity index (χ0v) is 19.7. The number of aromatic hydroxyl groups is 2. The number of carbonyl (C=O) groups is 2. The highest BCUT2D eigenvalue weighted by molar-refractivity contribution is 6.13. The Morgan fingerprint density at radius 3 is 2.11 bits per heavy atom. The number of aromatic nitrogens is 1. The van der Waals surface area contributed by atoms with Crippen molar-refractivity contribution in [1.29, 1.82) is 0 Å². The first-order valence-electron chi connectivity index (χ1n) is 10.8. The number of rotatable bonds is 10. The van der Waals surface area contributed by atoms with E-state index >= 15 is 0 Å². The van der Waals surface area contributed by atoms with E-state index in [1.807, 2.05) is 0 Å². The van der Waals surface area contributed by atoms with Crippen LogP contribution in [0.1, 0.15) is 27.9 Å². The Kier molecular flexibility index (Phi) is 8.94. The predicted molar refractivity (Wildman–Crippen MR) is 136 cm³/mol. The molecule has 1 amide bonds. The van der Waals surface area contributed by atoms with Gasteiger partial charge in [-0.25, -0.2) is 5.43 Å². The fraction of sp³-hybridized carbons (Fsp3) is 0.111. The number of hydrogen-bond donors (Lipinski definition) is 3. The number of hydrazone groups is 1. The number of methoxy groups -OCH3 is 2. The third kappa shape index (κ3) is 7.29. The van der Waals surface area contributed by atoms with Gasteiger partial charge in [0.15, 0.2) is 28.8 Å².